The van der Waals surface area contributed by atoms with Gasteiger partial charge in [0.25, 0.3) is 0 Å². The van der Waals surface area contributed by atoms with Crippen LogP contribution in [0.1, 0.15) is 25.3 Å². The molecule has 1 fully saturated rings. The first-order valence-corrected chi connectivity index (χ1v) is 7.64. The molecule has 5 heteroatoms. The third-order valence-corrected chi connectivity index (χ3v) is 4.86. The number of hydrogen-bond donors (Lipinski definition) is 1. The zero-order valence-corrected chi connectivity index (χ0v) is 13.4. The third-order valence-electron chi connectivity index (χ3n) is 4.12. The van der Waals surface area contributed by atoms with Crippen molar-refractivity contribution in [3.63, 3.8) is 0 Å². The molecular weight excluding hydrogens is 295 g/mol. The number of rotatable bonds is 4. The number of nitrogens with one attached hydrogen (secondary N) is 1. The summed E-state index contributed by atoms with van der Waals surface area (Å²) in [5.41, 5.74) is 0.748. The quantitative estimate of drug-likeness (QED) is 0.924. The lowest BCUT2D eigenvalue weighted by Crippen LogP contribution is -2.42. The molecule has 0 aromatic heterocycles. The first-order valence-electron chi connectivity index (χ1n) is 6.89. The maximum absolute atomic E-state index is 12.7. The van der Waals surface area contributed by atoms with E-state index >= 15 is 0 Å². The van der Waals surface area contributed by atoms with Crippen LogP contribution in [0, 0.1) is 5.41 Å². The van der Waals surface area contributed by atoms with Crippen molar-refractivity contribution in [1.82, 2.24) is 10.2 Å². The van der Waals surface area contributed by atoms with Crippen LogP contribution in [0.15, 0.2) is 18.2 Å². The molecule has 3 nitrogen and oxygen atoms in total. The van der Waals surface area contributed by atoms with E-state index < -0.39 is 0 Å². The Kier molecular flexibility index (Phi) is 4.95. The molecule has 1 unspecified atom stereocenters. The van der Waals surface area contributed by atoms with E-state index in [0.717, 1.165) is 31.5 Å². The van der Waals surface area contributed by atoms with Crippen LogP contribution in [0.25, 0.3) is 0 Å². The fraction of sp³-hybridized carbons (Fsp3) is 0.533. The van der Waals surface area contributed by atoms with Gasteiger partial charge in [0.15, 0.2) is 0 Å². The lowest BCUT2D eigenvalue weighted by atomic mass is 9.83. The first-order chi connectivity index (χ1) is 9.48. The molecular formula is C15H20Cl2N2O. The van der Waals surface area contributed by atoms with Gasteiger partial charge in [-0.25, -0.2) is 0 Å². The van der Waals surface area contributed by atoms with Crippen LogP contribution < -0.4 is 5.32 Å². The molecule has 2 rings (SSSR count). The van der Waals surface area contributed by atoms with Crippen molar-refractivity contribution in [2.45, 2.75) is 26.3 Å². The molecule has 1 atom stereocenters. The molecule has 1 aromatic rings. The van der Waals surface area contributed by atoms with Crippen molar-refractivity contribution in [2.75, 3.05) is 20.1 Å². The van der Waals surface area contributed by atoms with Gasteiger partial charge in [0.1, 0.15) is 0 Å². The van der Waals surface area contributed by atoms with Crippen molar-refractivity contribution in [3.05, 3.63) is 33.8 Å². The lowest BCUT2D eigenvalue weighted by Gasteiger charge is -2.31. The van der Waals surface area contributed by atoms with Gasteiger partial charge in [-0.1, -0.05) is 36.2 Å². The SMILES string of the molecule is CCC1(C(=O)N(C)Cc2ccc(Cl)c(Cl)c2)CCNC1. The molecule has 20 heavy (non-hydrogen) atoms. The van der Waals surface area contributed by atoms with Gasteiger partial charge >= 0.3 is 0 Å². The molecule has 0 saturated carbocycles. The highest BCUT2D eigenvalue weighted by Crippen LogP contribution is 2.32. The van der Waals surface area contributed by atoms with Crippen LogP contribution in [0.4, 0.5) is 0 Å². The van der Waals surface area contributed by atoms with Crippen LogP contribution >= 0.6 is 23.2 Å². The van der Waals surface area contributed by atoms with Crippen molar-refractivity contribution in [2.24, 2.45) is 5.41 Å². The standard InChI is InChI=1S/C15H20Cl2N2O/c1-3-15(6-7-18-10-15)14(20)19(2)9-11-4-5-12(16)13(17)8-11/h4-5,8,18H,3,6-7,9-10H2,1-2H3. The zero-order chi connectivity index (χ0) is 14.8. The van der Waals surface area contributed by atoms with Gasteiger partial charge in [-0.2, -0.15) is 0 Å². The molecule has 0 spiro atoms. The van der Waals surface area contributed by atoms with E-state index in [1.165, 1.54) is 0 Å². The number of carbonyl (C=O) groups is 1. The van der Waals surface area contributed by atoms with Crippen LogP contribution in [-0.2, 0) is 11.3 Å². The minimum Gasteiger partial charge on any atom is -0.341 e. The molecule has 1 N–H and O–H groups in total. The molecule has 1 aromatic carbocycles. The normalized spacial score (nSPS) is 22.0. The topological polar surface area (TPSA) is 32.3 Å². The maximum Gasteiger partial charge on any atom is 0.230 e. The predicted octanol–water partition coefficient (Wildman–Crippen LogP) is 3.34. The summed E-state index contributed by atoms with van der Waals surface area (Å²) in [5, 5.41) is 4.36. The summed E-state index contributed by atoms with van der Waals surface area (Å²) in [7, 11) is 1.85. The molecule has 0 aliphatic carbocycles. The highest BCUT2D eigenvalue weighted by atomic mass is 35.5. The summed E-state index contributed by atoms with van der Waals surface area (Å²) in [6, 6.07) is 5.49. The molecule has 1 amide bonds. The molecule has 1 heterocycles. The monoisotopic (exact) mass is 314 g/mol. The highest BCUT2D eigenvalue weighted by molar-refractivity contribution is 6.42. The molecule has 1 aliphatic rings. The fourth-order valence-corrected chi connectivity index (χ4v) is 3.09. The number of halogens is 2. The van der Waals surface area contributed by atoms with Crippen LogP contribution in [0.5, 0.6) is 0 Å². The Morgan fingerprint density at radius 2 is 2.15 bits per heavy atom. The summed E-state index contributed by atoms with van der Waals surface area (Å²) in [4.78, 5) is 14.5. The average molecular weight is 315 g/mol. The van der Waals surface area contributed by atoms with Crippen LogP contribution in [-0.4, -0.2) is 30.9 Å². The van der Waals surface area contributed by atoms with Gasteiger partial charge in [0.05, 0.1) is 15.5 Å². The van der Waals surface area contributed by atoms with E-state index in [2.05, 4.69) is 12.2 Å². The van der Waals surface area contributed by atoms with Gasteiger partial charge in [-0.3, -0.25) is 4.79 Å². The van der Waals surface area contributed by atoms with E-state index in [1.807, 2.05) is 19.2 Å². The van der Waals surface area contributed by atoms with Crippen molar-refractivity contribution < 1.29 is 4.79 Å². The Hall–Kier alpha value is -0.770. The fourth-order valence-electron chi connectivity index (χ4n) is 2.77. The maximum atomic E-state index is 12.7. The molecule has 0 radical (unpaired) electrons. The van der Waals surface area contributed by atoms with Gasteiger partial charge in [-0.05, 0) is 37.1 Å². The first kappa shape index (κ1) is 15.6. The van der Waals surface area contributed by atoms with Crippen molar-refractivity contribution in [3.8, 4) is 0 Å². The molecule has 1 saturated heterocycles. The summed E-state index contributed by atoms with van der Waals surface area (Å²) in [6.45, 7) is 4.32. The molecule has 1 aliphatic heterocycles. The summed E-state index contributed by atoms with van der Waals surface area (Å²) < 4.78 is 0. The number of amides is 1. The van der Waals surface area contributed by atoms with E-state index in [4.69, 9.17) is 23.2 Å². The summed E-state index contributed by atoms with van der Waals surface area (Å²) in [6.07, 6.45) is 1.78. The van der Waals surface area contributed by atoms with Crippen LogP contribution in [0.3, 0.4) is 0 Å². The van der Waals surface area contributed by atoms with Gasteiger partial charge in [0.2, 0.25) is 5.91 Å². The van der Waals surface area contributed by atoms with Crippen LogP contribution in [0.2, 0.25) is 10.0 Å². The van der Waals surface area contributed by atoms with Crippen molar-refractivity contribution >= 4 is 29.1 Å². The Balaban J connectivity index is 2.09. The second-order valence-corrected chi connectivity index (χ2v) is 6.28. The smallest absolute Gasteiger partial charge is 0.230 e. The third kappa shape index (κ3) is 3.11. The second-order valence-electron chi connectivity index (χ2n) is 5.47. The lowest BCUT2D eigenvalue weighted by molar-refractivity contribution is -0.140. The number of carbonyl (C=O) groups excluding carboxylic acids is 1. The Bertz CT molecular complexity index is 499. The summed E-state index contributed by atoms with van der Waals surface area (Å²) in [5.74, 6) is 0.205. The number of nitrogens with zero attached hydrogens (tertiary/aromatic N) is 1. The number of hydrogen-bond acceptors (Lipinski definition) is 2. The van der Waals surface area contributed by atoms with Gasteiger partial charge < -0.3 is 10.2 Å². The van der Waals surface area contributed by atoms with Crippen molar-refractivity contribution in [1.29, 1.82) is 0 Å². The van der Waals surface area contributed by atoms with E-state index in [1.54, 1.807) is 11.0 Å². The van der Waals surface area contributed by atoms with E-state index in [0.29, 0.717) is 16.6 Å². The Morgan fingerprint density at radius 3 is 2.70 bits per heavy atom. The van der Waals surface area contributed by atoms with Gasteiger partial charge in [0, 0.05) is 20.1 Å². The molecule has 110 valence electrons. The Morgan fingerprint density at radius 1 is 1.40 bits per heavy atom. The average Bonchev–Trinajstić information content (AvgIpc) is 2.92. The predicted molar refractivity (Wildman–Crippen MR) is 83.1 cm³/mol. The summed E-state index contributed by atoms with van der Waals surface area (Å²) >= 11 is 11.9. The minimum absolute atomic E-state index is 0.205. The van der Waals surface area contributed by atoms with E-state index in [9.17, 15) is 4.79 Å². The largest absolute Gasteiger partial charge is 0.341 e. The van der Waals surface area contributed by atoms with Gasteiger partial charge in [-0.15, -0.1) is 0 Å². The zero-order valence-electron chi connectivity index (χ0n) is 11.9. The Labute approximate surface area is 130 Å². The number of benzene rings is 1. The minimum atomic E-state index is -0.245. The van der Waals surface area contributed by atoms with E-state index in [-0.39, 0.29) is 11.3 Å². The highest BCUT2D eigenvalue weighted by Gasteiger charge is 2.41. The molecule has 0 bridgehead atoms. The second kappa shape index (κ2) is 6.33.